The average Bonchev–Trinajstić information content (AvgIpc) is 3.52. The smallest absolute Gasteiger partial charge is 0.417 e. The highest BCUT2D eigenvalue weighted by Gasteiger charge is 2.43. The maximum atomic E-state index is 12.7. The molecule has 1 saturated carbocycles. The molecule has 1 aliphatic heterocycles. The Morgan fingerprint density at radius 3 is 2.65 bits per heavy atom. The average molecular weight is 431 g/mol. The van der Waals surface area contributed by atoms with Crippen molar-refractivity contribution >= 4 is 5.82 Å². The second-order valence-corrected chi connectivity index (χ2v) is 8.27. The summed E-state index contributed by atoms with van der Waals surface area (Å²) in [5, 5.41) is 8.98. The first kappa shape index (κ1) is 21.3. The molecule has 2 aromatic heterocycles. The van der Waals surface area contributed by atoms with Crippen molar-refractivity contribution in [2.45, 2.75) is 38.8 Å². The van der Waals surface area contributed by atoms with Gasteiger partial charge in [-0.1, -0.05) is 0 Å². The van der Waals surface area contributed by atoms with Crippen molar-refractivity contribution in [3.63, 3.8) is 0 Å². The number of alkyl halides is 3. The van der Waals surface area contributed by atoms with Crippen molar-refractivity contribution < 1.29 is 17.9 Å². The number of ether oxygens (including phenoxy) is 1. The van der Waals surface area contributed by atoms with E-state index < -0.39 is 11.7 Å². The number of hydrogen-bond acceptors (Lipinski definition) is 6. The zero-order valence-corrected chi connectivity index (χ0v) is 17.3. The minimum atomic E-state index is -4.35. The summed E-state index contributed by atoms with van der Waals surface area (Å²) in [5.74, 6) is 3.55. The lowest BCUT2D eigenvalue weighted by Gasteiger charge is -2.33. The number of nitriles is 1. The van der Waals surface area contributed by atoms with E-state index in [2.05, 4.69) is 19.9 Å². The summed E-state index contributed by atoms with van der Waals surface area (Å²) < 4.78 is 43.8. The van der Waals surface area contributed by atoms with E-state index >= 15 is 0 Å². The van der Waals surface area contributed by atoms with Crippen molar-refractivity contribution in [2.24, 2.45) is 17.8 Å². The van der Waals surface area contributed by atoms with Gasteiger partial charge in [-0.25, -0.2) is 9.97 Å². The van der Waals surface area contributed by atoms with E-state index in [0.29, 0.717) is 47.6 Å². The first-order valence-electron chi connectivity index (χ1n) is 10.5. The number of nitrogens with zero attached hydrogens (tertiary/aromatic N) is 5. The van der Waals surface area contributed by atoms with Crippen molar-refractivity contribution in [2.75, 3.05) is 24.6 Å². The summed E-state index contributed by atoms with van der Waals surface area (Å²) in [6, 6.07) is 6.13. The van der Waals surface area contributed by atoms with Gasteiger partial charge in [-0.05, 0) is 62.5 Å². The fourth-order valence-corrected chi connectivity index (χ4v) is 4.46. The molecule has 1 aliphatic carbocycles. The molecule has 0 amide bonds. The molecule has 0 aromatic carbocycles. The molecule has 2 aliphatic rings. The van der Waals surface area contributed by atoms with E-state index in [0.717, 1.165) is 44.6 Å². The molecule has 6 nitrogen and oxygen atoms in total. The number of pyridine rings is 1. The van der Waals surface area contributed by atoms with Gasteiger partial charge >= 0.3 is 6.18 Å². The highest BCUT2D eigenvalue weighted by atomic mass is 19.4. The lowest BCUT2D eigenvalue weighted by molar-refractivity contribution is -0.137. The largest absolute Gasteiger partial charge is 0.478 e. The Kier molecular flexibility index (Phi) is 5.99. The Labute approximate surface area is 179 Å². The normalized spacial score (nSPS) is 21.6. The Morgan fingerprint density at radius 1 is 1.23 bits per heavy atom. The minimum Gasteiger partial charge on any atom is -0.478 e. The second-order valence-electron chi connectivity index (χ2n) is 8.27. The zero-order valence-electron chi connectivity index (χ0n) is 17.3. The third-order valence-corrected chi connectivity index (χ3v) is 6.19. The zero-order chi connectivity index (χ0) is 22.0. The van der Waals surface area contributed by atoms with E-state index in [1.807, 2.05) is 6.07 Å². The number of piperidine rings is 1. The predicted octanol–water partition coefficient (Wildman–Crippen LogP) is 4.39. The fourth-order valence-electron chi connectivity index (χ4n) is 4.46. The standard InChI is InChI=1S/C22H24F3N5O/c1-14-28-18(12-26)11-21(29-14)31-9-6-16-10-19(16)15-4-7-30(8-5-15)20-3-2-17(13-27-20)22(23,24)25/h2-3,11,13,15-16,19H,4-10H2,1H3/t16-,19-/m1/s1. The molecule has 0 unspecified atom stereocenters. The van der Waals surface area contributed by atoms with Gasteiger partial charge in [-0.2, -0.15) is 23.4 Å². The van der Waals surface area contributed by atoms with Gasteiger partial charge in [-0.15, -0.1) is 0 Å². The molecule has 0 radical (unpaired) electrons. The molecule has 9 heteroatoms. The topological polar surface area (TPSA) is 74.9 Å². The van der Waals surface area contributed by atoms with Crippen LogP contribution in [0.25, 0.3) is 0 Å². The van der Waals surface area contributed by atoms with Crippen LogP contribution in [0.4, 0.5) is 19.0 Å². The van der Waals surface area contributed by atoms with Crippen LogP contribution in [0.2, 0.25) is 0 Å². The van der Waals surface area contributed by atoms with E-state index in [9.17, 15) is 13.2 Å². The Hall–Kier alpha value is -2.89. The van der Waals surface area contributed by atoms with Gasteiger partial charge in [0.2, 0.25) is 5.88 Å². The van der Waals surface area contributed by atoms with Crippen molar-refractivity contribution in [1.29, 1.82) is 5.26 Å². The van der Waals surface area contributed by atoms with Gasteiger partial charge in [0, 0.05) is 25.4 Å². The van der Waals surface area contributed by atoms with Crippen molar-refractivity contribution in [3.05, 3.63) is 41.5 Å². The third kappa shape index (κ3) is 5.24. The molecule has 2 fully saturated rings. The van der Waals surface area contributed by atoms with Crippen molar-refractivity contribution in [1.82, 2.24) is 15.0 Å². The maximum absolute atomic E-state index is 12.7. The van der Waals surface area contributed by atoms with Gasteiger partial charge < -0.3 is 9.64 Å². The van der Waals surface area contributed by atoms with E-state index in [1.165, 1.54) is 12.5 Å². The van der Waals surface area contributed by atoms with Gasteiger partial charge in [0.1, 0.15) is 23.4 Å². The number of rotatable bonds is 6. The molecule has 4 rings (SSSR count). The number of aryl methyl sites for hydroxylation is 1. The first-order valence-corrected chi connectivity index (χ1v) is 10.5. The summed E-state index contributed by atoms with van der Waals surface area (Å²) in [6.07, 6.45) is 0.766. The van der Waals surface area contributed by atoms with Crippen LogP contribution in [-0.2, 0) is 6.18 Å². The van der Waals surface area contributed by atoms with Crippen LogP contribution in [0.15, 0.2) is 24.4 Å². The first-order chi connectivity index (χ1) is 14.8. The number of halogens is 3. The molecular formula is C22H24F3N5O. The Bertz CT molecular complexity index is 949. The molecule has 0 N–H and O–H groups in total. The summed E-state index contributed by atoms with van der Waals surface area (Å²) in [5.41, 5.74) is -0.406. The Morgan fingerprint density at radius 2 is 2.00 bits per heavy atom. The predicted molar refractivity (Wildman–Crippen MR) is 107 cm³/mol. The fraction of sp³-hybridized carbons (Fsp3) is 0.545. The SMILES string of the molecule is Cc1nc(C#N)cc(OCC[C@@H]2C[C@@H]2C2CCN(c3ccc(C(F)(F)F)cn3)CC2)n1. The summed E-state index contributed by atoms with van der Waals surface area (Å²) in [7, 11) is 0. The lowest BCUT2D eigenvalue weighted by atomic mass is 9.90. The molecule has 31 heavy (non-hydrogen) atoms. The highest BCUT2D eigenvalue weighted by Crippen LogP contribution is 2.50. The van der Waals surface area contributed by atoms with Crippen LogP contribution >= 0.6 is 0 Å². The van der Waals surface area contributed by atoms with E-state index in [1.54, 1.807) is 13.0 Å². The Balaban J connectivity index is 1.20. The molecular weight excluding hydrogens is 407 g/mol. The van der Waals surface area contributed by atoms with Crippen molar-refractivity contribution in [3.8, 4) is 11.9 Å². The molecule has 2 atom stereocenters. The number of anilines is 1. The molecule has 0 spiro atoms. The number of aromatic nitrogens is 3. The summed E-state index contributed by atoms with van der Waals surface area (Å²) in [4.78, 5) is 14.3. The van der Waals surface area contributed by atoms with Crippen LogP contribution in [0.5, 0.6) is 5.88 Å². The molecule has 0 bridgehead atoms. The summed E-state index contributed by atoms with van der Waals surface area (Å²) >= 11 is 0. The van der Waals surface area contributed by atoms with Gasteiger partial charge in [0.05, 0.1) is 12.2 Å². The monoisotopic (exact) mass is 431 g/mol. The van der Waals surface area contributed by atoms with E-state index in [4.69, 9.17) is 10.00 Å². The maximum Gasteiger partial charge on any atom is 0.417 e. The molecule has 2 aromatic rings. The summed E-state index contributed by atoms with van der Waals surface area (Å²) in [6.45, 7) is 3.94. The minimum absolute atomic E-state index is 0.307. The molecule has 3 heterocycles. The van der Waals surface area contributed by atoms with Gasteiger partial charge in [0.25, 0.3) is 0 Å². The number of hydrogen-bond donors (Lipinski definition) is 0. The third-order valence-electron chi connectivity index (χ3n) is 6.19. The van der Waals surface area contributed by atoms with Crippen LogP contribution in [-0.4, -0.2) is 34.6 Å². The van der Waals surface area contributed by atoms with E-state index in [-0.39, 0.29) is 0 Å². The van der Waals surface area contributed by atoms with Crippen LogP contribution in [0.1, 0.15) is 42.8 Å². The van der Waals surface area contributed by atoms with Crippen LogP contribution in [0, 0.1) is 36.0 Å². The second kappa shape index (κ2) is 8.69. The van der Waals surface area contributed by atoms with Gasteiger partial charge in [-0.3, -0.25) is 0 Å². The highest BCUT2D eigenvalue weighted by molar-refractivity contribution is 5.40. The molecule has 164 valence electrons. The lowest BCUT2D eigenvalue weighted by Crippen LogP contribution is -2.35. The van der Waals surface area contributed by atoms with Crippen LogP contribution < -0.4 is 9.64 Å². The molecule has 1 saturated heterocycles. The quantitative estimate of drug-likeness (QED) is 0.675. The van der Waals surface area contributed by atoms with Crippen LogP contribution in [0.3, 0.4) is 0 Å². The van der Waals surface area contributed by atoms with Gasteiger partial charge in [0.15, 0.2) is 0 Å².